The van der Waals surface area contributed by atoms with E-state index in [1.54, 1.807) is 0 Å². The third-order valence-electron chi connectivity index (χ3n) is 9.77. The van der Waals surface area contributed by atoms with Crippen LogP contribution in [0.25, 0.3) is 32.6 Å². The molecule has 0 bridgehead atoms. The molecule has 0 spiro atoms. The second-order valence-electron chi connectivity index (χ2n) is 13.0. The van der Waals surface area contributed by atoms with Crippen LogP contribution in [-0.4, -0.2) is 21.3 Å². The average Bonchev–Trinajstić information content (AvgIpc) is 3.36. The Balaban J connectivity index is 1.56. The van der Waals surface area contributed by atoms with Gasteiger partial charge in [0, 0.05) is 50.6 Å². The summed E-state index contributed by atoms with van der Waals surface area (Å²) in [6.45, 7) is 13.7. The minimum Gasteiger partial charge on any atom is -0.410 e. The zero-order valence-electron chi connectivity index (χ0n) is 27.9. The van der Waals surface area contributed by atoms with Crippen molar-refractivity contribution in [2.75, 3.05) is 0 Å². The van der Waals surface area contributed by atoms with Gasteiger partial charge >= 0.3 is 0 Å². The minimum atomic E-state index is 0.0606. The number of oxime groups is 1. The second kappa shape index (κ2) is 13.0. The van der Waals surface area contributed by atoms with Crippen molar-refractivity contribution in [2.45, 2.75) is 73.8 Å². The van der Waals surface area contributed by atoms with Crippen LogP contribution in [0.4, 0.5) is 0 Å². The molecule has 4 nitrogen and oxygen atoms in total. The molecule has 46 heavy (non-hydrogen) atoms. The number of carbonyl (C=O) groups is 1. The van der Waals surface area contributed by atoms with E-state index in [1.807, 2.05) is 57.2 Å². The molecule has 0 radical (unpaired) electrons. The van der Waals surface area contributed by atoms with Gasteiger partial charge < -0.3 is 9.77 Å². The monoisotopic (exact) mass is 608 g/mol. The smallest absolute Gasteiger partial charge is 0.193 e. The Kier molecular flexibility index (Phi) is 8.82. The Hall–Kier alpha value is -4.70. The van der Waals surface area contributed by atoms with E-state index < -0.39 is 0 Å². The maximum absolute atomic E-state index is 13.8. The van der Waals surface area contributed by atoms with Crippen molar-refractivity contribution in [1.29, 1.82) is 0 Å². The molecule has 6 aromatic rings. The highest BCUT2D eigenvalue weighted by molar-refractivity contribution is 6.24. The molecule has 1 atom stereocenters. The molecule has 5 aromatic carbocycles. The fraction of sp³-hybridized carbons (Fsp3) is 0.286. The lowest BCUT2D eigenvalue weighted by molar-refractivity contribution is 0.103. The lowest BCUT2D eigenvalue weighted by atomic mass is 9.91. The molecule has 0 aliphatic heterocycles. The third-order valence-corrected chi connectivity index (χ3v) is 9.77. The number of hydrogen-bond donors (Lipinski definition) is 1. The Labute approximate surface area is 272 Å². The molecule has 1 unspecified atom stereocenters. The number of aryl methyl sites for hydroxylation is 4. The summed E-state index contributed by atoms with van der Waals surface area (Å²) in [7, 11) is 0. The summed E-state index contributed by atoms with van der Waals surface area (Å²) in [4.78, 5) is 13.8. The summed E-state index contributed by atoms with van der Waals surface area (Å²) in [5.74, 6) is 0.641. The first-order valence-electron chi connectivity index (χ1n) is 16.6. The molecule has 0 fully saturated rings. The Bertz CT molecular complexity index is 2110. The molecular weight excluding hydrogens is 564 g/mol. The maximum atomic E-state index is 13.8. The number of benzene rings is 5. The van der Waals surface area contributed by atoms with Gasteiger partial charge in [0.25, 0.3) is 0 Å². The van der Waals surface area contributed by atoms with Crippen LogP contribution in [0.1, 0.15) is 88.8 Å². The summed E-state index contributed by atoms with van der Waals surface area (Å²) in [5.41, 5.74) is 10.4. The first-order valence-corrected chi connectivity index (χ1v) is 16.6. The largest absolute Gasteiger partial charge is 0.410 e. The zero-order valence-corrected chi connectivity index (χ0v) is 27.9. The van der Waals surface area contributed by atoms with E-state index >= 15 is 0 Å². The summed E-state index contributed by atoms with van der Waals surface area (Å²) < 4.78 is 2.49. The molecule has 0 saturated heterocycles. The molecule has 1 heterocycles. The number of aromatic nitrogens is 1. The van der Waals surface area contributed by atoms with Crippen molar-refractivity contribution in [3.8, 4) is 0 Å². The summed E-state index contributed by atoms with van der Waals surface area (Å²) in [5, 5.41) is 18.5. The Morgan fingerprint density at radius 2 is 1.50 bits per heavy atom. The predicted molar refractivity (Wildman–Crippen MR) is 193 cm³/mol. The molecule has 1 aromatic heterocycles. The van der Waals surface area contributed by atoms with Gasteiger partial charge in [0.15, 0.2) is 5.78 Å². The van der Waals surface area contributed by atoms with E-state index in [-0.39, 0.29) is 5.78 Å². The highest BCUT2D eigenvalue weighted by Crippen LogP contribution is 2.38. The van der Waals surface area contributed by atoms with Crippen LogP contribution in [-0.2, 0) is 6.54 Å². The number of hydrogen-bond acceptors (Lipinski definition) is 3. The summed E-state index contributed by atoms with van der Waals surface area (Å²) in [6, 6.07) is 29.2. The number of ketones is 1. The highest BCUT2D eigenvalue weighted by atomic mass is 16.4. The van der Waals surface area contributed by atoms with Gasteiger partial charge in [-0.25, -0.2) is 0 Å². The molecule has 1 N–H and O–H groups in total. The molecule has 0 aliphatic carbocycles. The van der Waals surface area contributed by atoms with Crippen molar-refractivity contribution in [2.24, 2.45) is 11.1 Å². The van der Waals surface area contributed by atoms with Gasteiger partial charge in [-0.15, -0.1) is 0 Å². The van der Waals surface area contributed by atoms with Gasteiger partial charge in [-0.2, -0.15) is 0 Å². The first-order chi connectivity index (χ1) is 22.2. The van der Waals surface area contributed by atoms with Crippen LogP contribution >= 0.6 is 0 Å². The van der Waals surface area contributed by atoms with Gasteiger partial charge in [-0.3, -0.25) is 4.79 Å². The number of carbonyl (C=O) groups excluding carboxylic acids is 1. The SMILES string of the molecule is CCCCC(CC)Cn1c2ccc(C(=NO)c3ccccc3C)cc2c2c3ccc(C(=O)c4c(C)cc(C)cc4C)cc3ccc21. The highest BCUT2D eigenvalue weighted by Gasteiger charge is 2.21. The number of nitrogens with zero attached hydrogens (tertiary/aromatic N) is 2. The van der Waals surface area contributed by atoms with Crippen LogP contribution in [0, 0.1) is 33.6 Å². The van der Waals surface area contributed by atoms with Gasteiger partial charge in [0.05, 0.1) is 0 Å². The molecule has 4 heteroatoms. The topological polar surface area (TPSA) is 54.6 Å². The van der Waals surface area contributed by atoms with Crippen molar-refractivity contribution >= 4 is 44.1 Å². The quantitative estimate of drug-likeness (QED) is 0.0728. The van der Waals surface area contributed by atoms with Crippen LogP contribution in [0.15, 0.2) is 90.1 Å². The lowest BCUT2D eigenvalue weighted by Crippen LogP contribution is -2.10. The number of fused-ring (bicyclic) bond motifs is 5. The van der Waals surface area contributed by atoms with Crippen LogP contribution < -0.4 is 0 Å². The standard InChI is InChI=1S/C42H44N2O2/c1-7-9-13-30(8-2)25-44-37-19-17-32(41(43-46)34-14-11-10-12-27(34)4)24-36(37)40-35-18-15-33(23-31(35)16-20-38(40)44)42(45)39-28(5)21-26(3)22-29(39)6/h10-12,14-24,30,46H,7-9,13,25H2,1-6H3. The van der Waals surface area contributed by atoms with E-state index in [2.05, 4.69) is 79.0 Å². The molecular formula is C42H44N2O2. The molecule has 0 amide bonds. The van der Waals surface area contributed by atoms with Crippen molar-refractivity contribution in [1.82, 2.24) is 4.57 Å². The number of rotatable bonds is 10. The molecule has 0 saturated carbocycles. The number of unbranched alkanes of at least 4 members (excludes halogenated alkanes) is 1. The minimum absolute atomic E-state index is 0.0606. The van der Waals surface area contributed by atoms with E-state index in [4.69, 9.17) is 0 Å². The summed E-state index contributed by atoms with van der Waals surface area (Å²) >= 11 is 0. The third kappa shape index (κ3) is 5.62. The van der Waals surface area contributed by atoms with E-state index in [9.17, 15) is 10.0 Å². The Morgan fingerprint density at radius 1 is 0.783 bits per heavy atom. The van der Waals surface area contributed by atoms with E-state index in [0.29, 0.717) is 17.2 Å². The van der Waals surface area contributed by atoms with Gasteiger partial charge in [0.1, 0.15) is 5.71 Å². The Morgan fingerprint density at radius 3 is 2.20 bits per heavy atom. The average molecular weight is 609 g/mol. The fourth-order valence-electron chi connectivity index (χ4n) is 7.38. The second-order valence-corrected chi connectivity index (χ2v) is 13.0. The first kappa shape index (κ1) is 31.3. The van der Waals surface area contributed by atoms with Crippen molar-refractivity contribution in [3.63, 3.8) is 0 Å². The van der Waals surface area contributed by atoms with Crippen molar-refractivity contribution < 1.29 is 10.0 Å². The maximum Gasteiger partial charge on any atom is 0.193 e. The van der Waals surface area contributed by atoms with Crippen LogP contribution in [0.2, 0.25) is 0 Å². The van der Waals surface area contributed by atoms with Crippen molar-refractivity contribution in [3.05, 3.63) is 129 Å². The van der Waals surface area contributed by atoms with Gasteiger partial charge in [-0.05, 0) is 91.8 Å². The predicted octanol–water partition coefficient (Wildman–Crippen LogP) is 10.9. The normalized spacial score (nSPS) is 12.8. The summed E-state index contributed by atoms with van der Waals surface area (Å²) in [6.07, 6.45) is 4.76. The van der Waals surface area contributed by atoms with Gasteiger partial charge in [0.2, 0.25) is 0 Å². The van der Waals surface area contributed by atoms with E-state index in [1.165, 1.54) is 41.2 Å². The molecule has 234 valence electrons. The fourth-order valence-corrected chi connectivity index (χ4v) is 7.38. The van der Waals surface area contributed by atoms with E-state index in [0.717, 1.165) is 62.5 Å². The lowest BCUT2D eigenvalue weighted by Gasteiger charge is -2.17. The molecule has 0 aliphatic rings. The van der Waals surface area contributed by atoms with Gasteiger partial charge in [-0.1, -0.05) is 104 Å². The molecule has 6 rings (SSSR count). The zero-order chi connectivity index (χ0) is 32.5. The van der Waals surface area contributed by atoms with Crippen LogP contribution in [0.3, 0.4) is 0 Å². The van der Waals surface area contributed by atoms with Crippen LogP contribution in [0.5, 0.6) is 0 Å².